The normalized spacial score (nSPS) is 11.3. The van der Waals surface area contributed by atoms with E-state index in [1.807, 2.05) is 66.7 Å². The minimum Gasteiger partial charge on any atom is -0.488 e. The van der Waals surface area contributed by atoms with Gasteiger partial charge < -0.3 is 4.74 Å². The Hall–Kier alpha value is -3.78. The van der Waals surface area contributed by atoms with Crippen LogP contribution in [0.1, 0.15) is 16.7 Å². The smallest absolute Gasteiger partial charge is 0.282 e. The van der Waals surface area contributed by atoms with Gasteiger partial charge in [-0.15, -0.1) is 0 Å². The SMILES string of the molecule is Cc1ccc(COc2ccc(C=Nn3c(-c4ccccc4)nc4ccccc4c3=O)cc2I)cc1. The monoisotopic (exact) mass is 571 g/mol. The third-order valence-electron chi connectivity index (χ3n) is 5.58. The summed E-state index contributed by atoms with van der Waals surface area (Å²) in [6, 6.07) is 31.1. The summed E-state index contributed by atoms with van der Waals surface area (Å²) in [4.78, 5) is 18.0. The zero-order valence-corrected chi connectivity index (χ0v) is 21.2. The molecule has 0 fully saturated rings. The Kier molecular flexibility index (Phi) is 6.72. The van der Waals surface area contributed by atoms with Crippen molar-refractivity contribution in [3.8, 4) is 17.1 Å². The highest BCUT2D eigenvalue weighted by Crippen LogP contribution is 2.23. The molecule has 0 N–H and O–H groups in total. The Morgan fingerprint density at radius 1 is 0.943 bits per heavy atom. The third-order valence-corrected chi connectivity index (χ3v) is 6.42. The topological polar surface area (TPSA) is 56.5 Å². The number of aryl methyl sites for hydroxylation is 1. The number of ether oxygens (including phenoxy) is 1. The first kappa shape index (κ1) is 23.0. The van der Waals surface area contributed by atoms with Crippen molar-refractivity contribution in [2.75, 3.05) is 0 Å². The maximum atomic E-state index is 13.3. The van der Waals surface area contributed by atoms with Gasteiger partial charge >= 0.3 is 0 Å². The van der Waals surface area contributed by atoms with Crippen molar-refractivity contribution >= 4 is 39.7 Å². The molecule has 6 heteroatoms. The Morgan fingerprint density at radius 3 is 2.46 bits per heavy atom. The Bertz CT molecular complexity index is 1580. The van der Waals surface area contributed by atoms with Crippen molar-refractivity contribution < 1.29 is 4.74 Å². The summed E-state index contributed by atoms with van der Waals surface area (Å²) in [6.45, 7) is 2.57. The van der Waals surface area contributed by atoms with Crippen LogP contribution in [0.3, 0.4) is 0 Å². The molecule has 5 nitrogen and oxygen atoms in total. The van der Waals surface area contributed by atoms with Crippen LogP contribution in [0.2, 0.25) is 0 Å². The number of benzene rings is 4. The van der Waals surface area contributed by atoms with Crippen LogP contribution in [0.4, 0.5) is 0 Å². The maximum absolute atomic E-state index is 13.3. The highest BCUT2D eigenvalue weighted by Gasteiger charge is 2.12. The summed E-state index contributed by atoms with van der Waals surface area (Å²) in [6.07, 6.45) is 1.68. The first-order valence-corrected chi connectivity index (χ1v) is 12.3. The number of hydrogen-bond donors (Lipinski definition) is 0. The fourth-order valence-corrected chi connectivity index (χ4v) is 4.38. The van der Waals surface area contributed by atoms with Crippen LogP contribution in [0.25, 0.3) is 22.3 Å². The fourth-order valence-electron chi connectivity index (χ4n) is 3.69. The molecule has 1 aromatic heterocycles. The number of fused-ring (bicyclic) bond motifs is 1. The van der Waals surface area contributed by atoms with Gasteiger partial charge in [0.15, 0.2) is 5.82 Å². The van der Waals surface area contributed by atoms with Crippen LogP contribution in [0.15, 0.2) is 107 Å². The summed E-state index contributed by atoms with van der Waals surface area (Å²) in [5, 5.41) is 5.07. The van der Waals surface area contributed by atoms with Crippen LogP contribution < -0.4 is 10.3 Å². The molecule has 1 heterocycles. The molecule has 0 aliphatic rings. The summed E-state index contributed by atoms with van der Waals surface area (Å²) >= 11 is 2.26. The van der Waals surface area contributed by atoms with Crippen LogP contribution in [0, 0.1) is 10.5 Å². The molecule has 0 atom stereocenters. The van der Waals surface area contributed by atoms with Crippen molar-refractivity contribution in [1.29, 1.82) is 0 Å². The molecular weight excluding hydrogens is 549 g/mol. The average Bonchev–Trinajstić information content (AvgIpc) is 2.89. The van der Waals surface area contributed by atoms with E-state index < -0.39 is 0 Å². The van der Waals surface area contributed by atoms with Gasteiger partial charge in [0.25, 0.3) is 5.56 Å². The number of hydrogen-bond acceptors (Lipinski definition) is 4. The predicted molar refractivity (Wildman–Crippen MR) is 149 cm³/mol. The molecule has 0 aliphatic carbocycles. The molecule has 172 valence electrons. The van der Waals surface area contributed by atoms with Gasteiger partial charge in [-0.05, 0) is 71.0 Å². The van der Waals surface area contributed by atoms with Crippen molar-refractivity contribution in [2.45, 2.75) is 13.5 Å². The van der Waals surface area contributed by atoms with Crippen LogP contribution in [-0.2, 0) is 6.61 Å². The van der Waals surface area contributed by atoms with E-state index in [1.54, 1.807) is 12.3 Å². The summed E-state index contributed by atoms with van der Waals surface area (Å²) in [5.74, 6) is 1.30. The van der Waals surface area contributed by atoms with Crippen molar-refractivity contribution in [1.82, 2.24) is 9.66 Å². The highest BCUT2D eigenvalue weighted by molar-refractivity contribution is 14.1. The summed E-state index contributed by atoms with van der Waals surface area (Å²) < 4.78 is 8.34. The van der Waals surface area contributed by atoms with E-state index in [0.717, 1.165) is 26.0 Å². The molecule has 5 rings (SSSR count). The molecule has 0 saturated carbocycles. The molecule has 0 aliphatic heterocycles. The lowest BCUT2D eigenvalue weighted by Crippen LogP contribution is -2.20. The van der Waals surface area contributed by atoms with E-state index in [-0.39, 0.29) is 5.56 Å². The highest BCUT2D eigenvalue weighted by atomic mass is 127. The van der Waals surface area contributed by atoms with Crippen LogP contribution in [-0.4, -0.2) is 15.9 Å². The molecule has 0 saturated heterocycles. The fraction of sp³-hybridized carbons (Fsp3) is 0.0690. The van der Waals surface area contributed by atoms with E-state index in [2.05, 4.69) is 58.9 Å². The van der Waals surface area contributed by atoms with Gasteiger partial charge in [0.1, 0.15) is 12.4 Å². The Labute approximate surface area is 216 Å². The zero-order chi connectivity index (χ0) is 24.2. The van der Waals surface area contributed by atoms with Gasteiger partial charge in [-0.2, -0.15) is 9.78 Å². The van der Waals surface area contributed by atoms with E-state index >= 15 is 0 Å². The largest absolute Gasteiger partial charge is 0.488 e. The van der Waals surface area contributed by atoms with Crippen LogP contribution in [0.5, 0.6) is 5.75 Å². The summed E-state index contributed by atoms with van der Waals surface area (Å²) in [7, 11) is 0. The molecule has 0 spiro atoms. The van der Waals surface area contributed by atoms with Gasteiger partial charge in [-0.1, -0.05) is 72.3 Å². The molecule has 0 unspecified atom stereocenters. The lowest BCUT2D eigenvalue weighted by atomic mass is 10.2. The number of halogens is 1. The van der Waals surface area contributed by atoms with E-state index in [4.69, 9.17) is 9.72 Å². The van der Waals surface area contributed by atoms with Gasteiger partial charge in [0.05, 0.1) is 20.7 Å². The van der Waals surface area contributed by atoms with Crippen molar-refractivity contribution in [3.05, 3.63) is 128 Å². The molecule has 5 aromatic rings. The second-order valence-corrected chi connectivity index (χ2v) is 9.31. The lowest BCUT2D eigenvalue weighted by molar-refractivity contribution is 0.304. The Morgan fingerprint density at radius 2 is 1.69 bits per heavy atom. The first-order chi connectivity index (χ1) is 17.1. The predicted octanol–water partition coefficient (Wildman–Crippen LogP) is 6.44. The van der Waals surface area contributed by atoms with Crippen LogP contribution >= 0.6 is 22.6 Å². The van der Waals surface area contributed by atoms with E-state index in [0.29, 0.717) is 23.3 Å². The molecule has 0 radical (unpaired) electrons. The first-order valence-electron chi connectivity index (χ1n) is 11.2. The lowest BCUT2D eigenvalue weighted by Gasteiger charge is -2.10. The standard InChI is InChI=1S/C29H22IN3O2/c1-20-11-13-21(14-12-20)19-35-27-16-15-22(17-25(27)30)18-31-33-28(23-7-3-2-4-8-23)32-26-10-6-5-9-24(26)29(33)34/h2-18H,19H2,1H3. The molecule has 0 amide bonds. The number of rotatable bonds is 6. The number of nitrogens with zero attached hydrogens (tertiary/aromatic N) is 3. The second-order valence-electron chi connectivity index (χ2n) is 8.14. The molecule has 35 heavy (non-hydrogen) atoms. The Balaban J connectivity index is 1.45. The maximum Gasteiger partial charge on any atom is 0.282 e. The van der Waals surface area contributed by atoms with Gasteiger partial charge in [-0.25, -0.2) is 4.98 Å². The average molecular weight is 571 g/mol. The van der Waals surface area contributed by atoms with E-state index in [9.17, 15) is 4.79 Å². The molecular formula is C29H22IN3O2. The summed E-state index contributed by atoms with van der Waals surface area (Å²) in [5.41, 5.74) is 4.46. The molecule has 0 bridgehead atoms. The van der Waals surface area contributed by atoms with Crippen molar-refractivity contribution in [3.63, 3.8) is 0 Å². The van der Waals surface area contributed by atoms with Crippen molar-refractivity contribution in [2.24, 2.45) is 5.10 Å². The number of aromatic nitrogens is 2. The third kappa shape index (κ3) is 5.17. The second kappa shape index (κ2) is 10.2. The zero-order valence-electron chi connectivity index (χ0n) is 19.1. The van der Waals surface area contributed by atoms with E-state index in [1.165, 1.54) is 10.2 Å². The minimum absolute atomic E-state index is 0.210. The quantitative estimate of drug-likeness (QED) is 0.174. The minimum atomic E-state index is -0.210. The molecule has 4 aromatic carbocycles. The van der Waals surface area contributed by atoms with Gasteiger partial charge in [-0.3, -0.25) is 4.79 Å². The van der Waals surface area contributed by atoms with Gasteiger partial charge in [0.2, 0.25) is 0 Å². The van der Waals surface area contributed by atoms with Gasteiger partial charge in [0, 0.05) is 5.56 Å². The number of para-hydroxylation sites is 1.